The van der Waals surface area contributed by atoms with Crippen LogP contribution in [0.15, 0.2) is 0 Å². The first-order valence-electron chi connectivity index (χ1n) is 7.36. The molecule has 1 aliphatic rings. The van der Waals surface area contributed by atoms with Gasteiger partial charge in [-0.2, -0.15) is 0 Å². The van der Waals surface area contributed by atoms with Gasteiger partial charge in [-0.05, 0) is 11.8 Å². The molecule has 21 heavy (non-hydrogen) atoms. The molecule has 7 heteroatoms. The minimum atomic E-state index is -0.128. The molecule has 2 rings (SSSR count). The minimum absolute atomic E-state index is 0.128. The van der Waals surface area contributed by atoms with Gasteiger partial charge < -0.3 is 20.7 Å². The van der Waals surface area contributed by atoms with Crippen LogP contribution in [0, 0.1) is 11.8 Å². The molecule has 1 atom stereocenters. The Labute approximate surface area is 129 Å². The molecule has 1 unspecified atom stereocenters. The summed E-state index contributed by atoms with van der Waals surface area (Å²) in [6.45, 7) is 10.0. The third kappa shape index (κ3) is 4.07. The van der Waals surface area contributed by atoms with E-state index >= 15 is 0 Å². The third-order valence-corrected chi connectivity index (χ3v) is 4.98. The Morgan fingerprint density at radius 2 is 2.10 bits per heavy atom. The maximum atomic E-state index is 12.2. The summed E-state index contributed by atoms with van der Waals surface area (Å²) in [5, 5.41) is 3.75. The minimum Gasteiger partial charge on any atom is -0.382 e. The largest absolute Gasteiger partial charge is 0.382 e. The molecule has 1 aromatic heterocycles. The lowest BCUT2D eigenvalue weighted by molar-refractivity contribution is 0.0949. The summed E-state index contributed by atoms with van der Waals surface area (Å²) in [5.74, 6) is 1.16. The normalized spacial score (nSPS) is 17.0. The Balaban J connectivity index is 1.99. The van der Waals surface area contributed by atoms with Gasteiger partial charge in [-0.3, -0.25) is 4.79 Å². The highest BCUT2D eigenvalue weighted by molar-refractivity contribution is 7.18. The molecule has 0 aliphatic carbocycles. The van der Waals surface area contributed by atoms with Crippen LogP contribution < -0.4 is 16.0 Å². The molecule has 1 aliphatic heterocycles. The van der Waals surface area contributed by atoms with Crippen LogP contribution in [0.3, 0.4) is 0 Å². The average Bonchev–Trinajstić information content (AvgIpc) is 2.87. The van der Waals surface area contributed by atoms with E-state index in [2.05, 4.69) is 36.0 Å². The molecule has 1 saturated heterocycles. The molecule has 1 amide bonds. The number of nitrogens with one attached hydrogen (secondary N) is 1. The van der Waals surface area contributed by atoms with Crippen molar-refractivity contribution in [3.8, 4) is 0 Å². The van der Waals surface area contributed by atoms with E-state index in [9.17, 15) is 4.79 Å². The highest BCUT2D eigenvalue weighted by Gasteiger charge is 2.21. The molecule has 0 aromatic carbocycles. The van der Waals surface area contributed by atoms with E-state index in [4.69, 9.17) is 10.5 Å². The maximum absolute atomic E-state index is 12.2. The monoisotopic (exact) mass is 312 g/mol. The van der Waals surface area contributed by atoms with E-state index in [1.807, 2.05) is 0 Å². The van der Waals surface area contributed by atoms with Gasteiger partial charge in [0.2, 0.25) is 0 Å². The second-order valence-corrected chi connectivity index (χ2v) is 6.72. The number of hydrogen-bond donors (Lipinski definition) is 2. The number of thiazole rings is 1. The molecular weight excluding hydrogens is 288 g/mol. The third-order valence-electron chi connectivity index (χ3n) is 3.85. The van der Waals surface area contributed by atoms with Crippen LogP contribution in [-0.2, 0) is 4.74 Å². The summed E-state index contributed by atoms with van der Waals surface area (Å²) in [6.07, 6.45) is 0. The smallest absolute Gasteiger partial charge is 0.265 e. The van der Waals surface area contributed by atoms with Crippen molar-refractivity contribution >= 4 is 28.2 Å². The van der Waals surface area contributed by atoms with E-state index in [1.165, 1.54) is 11.3 Å². The topological polar surface area (TPSA) is 80.5 Å². The van der Waals surface area contributed by atoms with Crippen LogP contribution in [0.5, 0.6) is 0 Å². The van der Waals surface area contributed by atoms with Crippen molar-refractivity contribution in [2.24, 2.45) is 11.8 Å². The van der Waals surface area contributed by atoms with Crippen molar-refractivity contribution in [3.05, 3.63) is 4.88 Å². The number of nitrogen functional groups attached to an aromatic ring is 1. The lowest BCUT2D eigenvalue weighted by Crippen LogP contribution is -2.36. The van der Waals surface area contributed by atoms with Crippen LogP contribution in [-0.4, -0.2) is 43.7 Å². The summed E-state index contributed by atoms with van der Waals surface area (Å²) < 4.78 is 5.32. The zero-order valence-corrected chi connectivity index (χ0v) is 13.7. The molecule has 0 saturated carbocycles. The van der Waals surface area contributed by atoms with Crippen LogP contribution in [0.2, 0.25) is 0 Å². The number of anilines is 2. The lowest BCUT2D eigenvalue weighted by atomic mass is 9.98. The summed E-state index contributed by atoms with van der Waals surface area (Å²) >= 11 is 1.36. The van der Waals surface area contributed by atoms with Gasteiger partial charge in [0.05, 0.1) is 13.2 Å². The summed E-state index contributed by atoms with van der Waals surface area (Å²) in [4.78, 5) is 19.2. The Hall–Kier alpha value is -1.34. The highest BCUT2D eigenvalue weighted by atomic mass is 32.1. The number of ether oxygens (including phenoxy) is 1. The number of rotatable bonds is 5. The quantitative estimate of drug-likeness (QED) is 0.863. The second-order valence-electron chi connectivity index (χ2n) is 5.74. The van der Waals surface area contributed by atoms with E-state index < -0.39 is 0 Å². The zero-order chi connectivity index (χ0) is 15.4. The number of carbonyl (C=O) groups excluding carboxylic acids is 1. The Bertz CT molecular complexity index is 483. The first-order valence-corrected chi connectivity index (χ1v) is 8.18. The van der Waals surface area contributed by atoms with Gasteiger partial charge in [0.25, 0.3) is 5.91 Å². The fourth-order valence-electron chi connectivity index (χ4n) is 1.94. The molecule has 118 valence electrons. The van der Waals surface area contributed by atoms with Gasteiger partial charge in [-0.1, -0.05) is 32.1 Å². The van der Waals surface area contributed by atoms with Crippen LogP contribution in [0.4, 0.5) is 10.9 Å². The molecule has 1 aromatic rings. The zero-order valence-electron chi connectivity index (χ0n) is 12.9. The van der Waals surface area contributed by atoms with Crippen LogP contribution in [0.1, 0.15) is 30.4 Å². The summed E-state index contributed by atoms with van der Waals surface area (Å²) in [5.41, 5.74) is 5.90. The van der Waals surface area contributed by atoms with E-state index in [0.717, 1.165) is 18.2 Å². The lowest BCUT2D eigenvalue weighted by Gasteiger charge is -2.25. The molecular formula is C14H24N4O2S. The van der Waals surface area contributed by atoms with E-state index in [-0.39, 0.29) is 5.91 Å². The first-order chi connectivity index (χ1) is 9.99. The van der Waals surface area contributed by atoms with Crippen molar-refractivity contribution in [2.75, 3.05) is 43.5 Å². The molecule has 3 N–H and O–H groups in total. The highest BCUT2D eigenvalue weighted by Crippen LogP contribution is 2.28. The fraction of sp³-hybridized carbons (Fsp3) is 0.714. The molecule has 2 heterocycles. The standard InChI is InChI=1S/C14H24N4O2S/c1-9(2)10(3)8-16-13(19)11-12(15)17-14(21-11)18-4-6-20-7-5-18/h9-10H,4-8,15H2,1-3H3,(H,16,19). The fourth-order valence-corrected chi connectivity index (χ4v) is 2.90. The van der Waals surface area contributed by atoms with Crippen molar-refractivity contribution < 1.29 is 9.53 Å². The van der Waals surface area contributed by atoms with E-state index in [0.29, 0.717) is 42.3 Å². The Kier molecular flexibility index (Phi) is 5.41. The van der Waals surface area contributed by atoms with Gasteiger partial charge in [0.15, 0.2) is 5.13 Å². The Morgan fingerprint density at radius 1 is 1.43 bits per heavy atom. The van der Waals surface area contributed by atoms with Crippen molar-refractivity contribution in [1.29, 1.82) is 0 Å². The van der Waals surface area contributed by atoms with Crippen molar-refractivity contribution in [3.63, 3.8) is 0 Å². The van der Waals surface area contributed by atoms with Gasteiger partial charge in [-0.25, -0.2) is 4.98 Å². The van der Waals surface area contributed by atoms with Crippen LogP contribution >= 0.6 is 11.3 Å². The van der Waals surface area contributed by atoms with Crippen molar-refractivity contribution in [2.45, 2.75) is 20.8 Å². The second kappa shape index (κ2) is 7.09. The van der Waals surface area contributed by atoms with Gasteiger partial charge in [0, 0.05) is 19.6 Å². The average molecular weight is 312 g/mol. The molecule has 1 fully saturated rings. The van der Waals surface area contributed by atoms with Gasteiger partial charge in [-0.15, -0.1) is 0 Å². The molecule has 0 spiro atoms. The van der Waals surface area contributed by atoms with E-state index in [1.54, 1.807) is 0 Å². The molecule has 6 nitrogen and oxygen atoms in total. The first kappa shape index (κ1) is 16.0. The number of nitrogens with two attached hydrogens (primary N) is 1. The van der Waals surface area contributed by atoms with Gasteiger partial charge in [0.1, 0.15) is 10.7 Å². The molecule has 0 radical (unpaired) electrons. The maximum Gasteiger partial charge on any atom is 0.265 e. The summed E-state index contributed by atoms with van der Waals surface area (Å²) in [6, 6.07) is 0. The SMILES string of the molecule is CC(C)C(C)CNC(=O)c1sc(N2CCOCC2)nc1N. The number of carbonyl (C=O) groups is 1. The van der Waals surface area contributed by atoms with Gasteiger partial charge >= 0.3 is 0 Å². The number of amides is 1. The summed E-state index contributed by atoms with van der Waals surface area (Å²) in [7, 11) is 0. The van der Waals surface area contributed by atoms with Crippen LogP contribution in [0.25, 0.3) is 0 Å². The number of morpholine rings is 1. The van der Waals surface area contributed by atoms with Crippen molar-refractivity contribution in [1.82, 2.24) is 10.3 Å². The Morgan fingerprint density at radius 3 is 2.71 bits per heavy atom. The number of aromatic nitrogens is 1. The predicted octanol–water partition coefficient (Wildman–Crippen LogP) is 1.58. The predicted molar refractivity (Wildman–Crippen MR) is 85.9 cm³/mol. The number of nitrogens with zero attached hydrogens (tertiary/aromatic N) is 2. The number of hydrogen-bond acceptors (Lipinski definition) is 6. The molecule has 0 bridgehead atoms.